The maximum Gasteiger partial charge on any atom is 0.341 e. The van der Waals surface area contributed by atoms with E-state index in [1.165, 1.54) is 36.5 Å². The van der Waals surface area contributed by atoms with Crippen molar-refractivity contribution in [3.05, 3.63) is 44.2 Å². The van der Waals surface area contributed by atoms with Crippen LogP contribution < -0.4 is 10.6 Å². The van der Waals surface area contributed by atoms with E-state index >= 15 is 0 Å². The van der Waals surface area contributed by atoms with Gasteiger partial charge in [-0.05, 0) is 37.6 Å². The molecule has 9 heteroatoms. The minimum atomic E-state index is -0.685. The van der Waals surface area contributed by atoms with Crippen LogP contribution in [0.15, 0.2) is 18.2 Å². The maximum absolute atomic E-state index is 12.4. The van der Waals surface area contributed by atoms with Crippen LogP contribution in [0.1, 0.15) is 27.7 Å². The Labute approximate surface area is 164 Å². The van der Waals surface area contributed by atoms with E-state index in [-0.39, 0.29) is 11.5 Å². The Morgan fingerprint density at radius 2 is 1.69 bits per heavy atom. The first kappa shape index (κ1) is 20.2. The molecule has 0 radical (unpaired) electrons. The zero-order valence-electron chi connectivity index (χ0n) is 14.2. The Kier molecular flexibility index (Phi) is 6.63. The summed E-state index contributed by atoms with van der Waals surface area (Å²) >= 11 is 13.0. The van der Waals surface area contributed by atoms with Crippen molar-refractivity contribution in [1.82, 2.24) is 0 Å². The van der Waals surface area contributed by atoms with Crippen LogP contribution in [-0.4, -0.2) is 24.4 Å². The van der Waals surface area contributed by atoms with Gasteiger partial charge in [-0.1, -0.05) is 23.2 Å². The van der Waals surface area contributed by atoms with Crippen molar-refractivity contribution < 1.29 is 19.1 Å². The van der Waals surface area contributed by atoms with Gasteiger partial charge in [-0.25, -0.2) is 4.79 Å². The van der Waals surface area contributed by atoms with Crippen LogP contribution in [0.3, 0.4) is 0 Å². The number of thiophene rings is 1. The fraction of sp³-hybridized carbons (Fsp3) is 0.235. The van der Waals surface area contributed by atoms with Crippen molar-refractivity contribution >= 4 is 63.0 Å². The van der Waals surface area contributed by atoms with Crippen molar-refractivity contribution in [3.8, 4) is 0 Å². The molecule has 0 unspecified atom stereocenters. The van der Waals surface area contributed by atoms with Crippen LogP contribution >= 0.6 is 34.5 Å². The van der Waals surface area contributed by atoms with E-state index in [1.807, 2.05) is 6.92 Å². The van der Waals surface area contributed by atoms with Crippen molar-refractivity contribution in [1.29, 1.82) is 0 Å². The first-order valence-corrected chi connectivity index (χ1v) is 9.05. The molecule has 2 amide bonds. The normalized spacial score (nSPS) is 10.3. The second-order valence-corrected chi connectivity index (χ2v) is 7.55. The van der Waals surface area contributed by atoms with Gasteiger partial charge >= 0.3 is 5.97 Å². The molecule has 138 valence electrons. The molecule has 2 aromatic rings. The molecule has 0 atom stereocenters. The molecular weight excluding hydrogens is 399 g/mol. The Morgan fingerprint density at radius 1 is 1.08 bits per heavy atom. The lowest BCUT2D eigenvalue weighted by Gasteiger charge is -2.09. The predicted octanol–water partition coefficient (Wildman–Crippen LogP) is 4.43. The Hall–Kier alpha value is -2.09. The molecule has 0 fully saturated rings. The van der Waals surface area contributed by atoms with Gasteiger partial charge in [0, 0.05) is 27.5 Å². The molecule has 2 N–H and O–H groups in total. The summed E-state index contributed by atoms with van der Waals surface area (Å²) in [6.07, 6.45) is 0. The van der Waals surface area contributed by atoms with E-state index < -0.39 is 18.5 Å². The number of aryl methyl sites for hydroxylation is 1. The molecule has 6 nitrogen and oxygen atoms in total. The minimum Gasteiger partial charge on any atom is -0.452 e. The maximum atomic E-state index is 12.4. The fourth-order valence-corrected chi connectivity index (χ4v) is 3.77. The fourth-order valence-electron chi connectivity index (χ4n) is 2.15. The third-order valence-electron chi connectivity index (χ3n) is 3.36. The molecule has 0 saturated carbocycles. The molecule has 1 heterocycles. The quantitative estimate of drug-likeness (QED) is 0.708. The second-order valence-electron chi connectivity index (χ2n) is 5.45. The molecule has 0 aliphatic carbocycles. The zero-order valence-corrected chi connectivity index (χ0v) is 16.6. The number of hydrogen-bond donors (Lipinski definition) is 2. The van der Waals surface area contributed by atoms with Gasteiger partial charge in [0.1, 0.15) is 5.00 Å². The van der Waals surface area contributed by atoms with Gasteiger partial charge in [0.05, 0.1) is 5.56 Å². The van der Waals surface area contributed by atoms with Crippen LogP contribution in [0.4, 0.5) is 10.7 Å². The number of ether oxygens (including phenoxy) is 1. The molecule has 0 saturated heterocycles. The molecule has 1 aromatic heterocycles. The predicted molar refractivity (Wildman–Crippen MR) is 103 cm³/mol. The van der Waals surface area contributed by atoms with E-state index in [9.17, 15) is 14.4 Å². The average Bonchev–Trinajstić information content (AvgIpc) is 2.77. The summed E-state index contributed by atoms with van der Waals surface area (Å²) in [7, 11) is 0. The summed E-state index contributed by atoms with van der Waals surface area (Å²) in [4.78, 5) is 36.5. The van der Waals surface area contributed by atoms with Gasteiger partial charge in [0.15, 0.2) is 6.61 Å². The van der Waals surface area contributed by atoms with Crippen molar-refractivity contribution in [2.24, 2.45) is 0 Å². The molecular formula is C17H16Cl2N2O4S. The van der Waals surface area contributed by atoms with E-state index in [0.29, 0.717) is 26.3 Å². The third kappa shape index (κ3) is 5.20. The number of benzene rings is 1. The number of carbonyl (C=O) groups is 3. The third-order valence-corrected chi connectivity index (χ3v) is 4.92. The van der Waals surface area contributed by atoms with E-state index in [0.717, 1.165) is 4.88 Å². The van der Waals surface area contributed by atoms with Gasteiger partial charge in [-0.15, -0.1) is 11.3 Å². The number of carbonyl (C=O) groups excluding carboxylic acids is 3. The molecule has 0 bridgehead atoms. The number of hydrogen-bond acceptors (Lipinski definition) is 5. The number of rotatable bonds is 5. The zero-order chi connectivity index (χ0) is 19.4. The summed E-state index contributed by atoms with van der Waals surface area (Å²) in [6, 6.07) is 4.58. The van der Waals surface area contributed by atoms with Gasteiger partial charge in [0.2, 0.25) is 5.91 Å². The molecule has 26 heavy (non-hydrogen) atoms. The first-order valence-electron chi connectivity index (χ1n) is 7.48. The minimum absolute atomic E-state index is 0.251. The van der Waals surface area contributed by atoms with Crippen LogP contribution in [-0.2, 0) is 14.3 Å². The standard InChI is InChI=1S/C17H16Cl2N2O4S/c1-8-9(2)26-16(20-10(3)22)15(8)17(24)25-7-14(23)21-13-5-11(18)4-12(19)6-13/h4-6H,7H2,1-3H3,(H,20,22)(H,21,23). The molecule has 2 rings (SSSR count). The lowest BCUT2D eigenvalue weighted by Crippen LogP contribution is -2.21. The van der Waals surface area contributed by atoms with Crippen molar-refractivity contribution in [2.45, 2.75) is 20.8 Å². The SMILES string of the molecule is CC(=O)Nc1sc(C)c(C)c1C(=O)OCC(=O)Nc1cc(Cl)cc(Cl)c1. The Balaban J connectivity index is 2.04. The highest BCUT2D eigenvalue weighted by Gasteiger charge is 2.22. The average molecular weight is 415 g/mol. The van der Waals surface area contributed by atoms with E-state index in [1.54, 1.807) is 6.92 Å². The van der Waals surface area contributed by atoms with Crippen molar-refractivity contribution in [2.75, 3.05) is 17.2 Å². The summed E-state index contributed by atoms with van der Waals surface area (Å²) in [5.74, 6) is -1.52. The van der Waals surface area contributed by atoms with Gasteiger partial charge in [0.25, 0.3) is 5.91 Å². The summed E-state index contributed by atoms with van der Waals surface area (Å²) in [5.41, 5.74) is 1.34. The first-order chi connectivity index (χ1) is 12.2. The number of nitrogens with one attached hydrogen (secondary N) is 2. The van der Waals surface area contributed by atoms with Crippen LogP contribution in [0, 0.1) is 13.8 Å². The topological polar surface area (TPSA) is 84.5 Å². The highest BCUT2D eigenvalue weighted by molar-refractivity contribution is 7.16. The molecule has 1 aromatic carbocycles. The largest absolute Gasteiger partial charge is 0.452 e. The van der Waals surface area contributed by atoms with Gasteiger partial charge in [-0.2, -0.15) is 0 Å². The van der Waals surface area contributed by atoms with Crippen LogP contribution in [0.2, 0.25) is 10.0 Å². The number of halogens is 2. The summed E-state index contributed by atoms with van der Waals surface area (Å²) < 4.78 is 5.08. The van der Waals surface area contributed by atoms with Gasteiger partial charge < -0.3 is 15.4 Å². The smallest absolute Gasteiger partial charge is 0.341 e. The van der Waals surface area contributed by atoms with Crippen molar-refractivity contribution in [3.63, 3.8) is 0 Å². The van der Waals surface area contributed by atoms with Crippen LogP contribution in [0.25, 0.3) is 0 Å². The number of esters is 1. The van der Waals surface area contributed by atoms with E-state index in [2.05, 4.69) is 10.6 Å². The highest BCUT2D eigenvalue weighted by atomic mass is 35.5. The molecule has 0 spiro atoms. The van der Waals surface area contributed by atoms with Crippen LogP contribution in [0.5, 0.6) is 0 Å². The monoisotopic (exact) mass is 414 g/mol. The van der Waals surface area contributed by atoms with Gasteiger partial charge in [-0.3, -0.25) is 9.59 Å². The molecule has 0 aliphatic heterocycles. The molecule has 0 aliphatic rings. The number of amides is 2. The Morgan fingerprint density at radius 3 is 2.27 bits per heavy atom. The lowest BCUT2D eigenvalue weighted by atomic mass is 10.1. The summed E-state index contributed by atoms with van der Waals surface area (Å²) in [6.45, 7) is 4.44. The van der Waals surface area contributed by atoms with E-state index in [4.69, 9.17) is 27.9 Å². The Bertz CT molecular complexity index is 860. The highest BCUT2D eigenvalue weighted by Crippen LogP contribution is 2.33. The lowest BCUT2D eigenvalue weighted by molar-refractivity contribution is -0.119. The summed E-state index contributed by atoms with van der Waals surface area (Å²) in [5, 5.41) is 6.29. The second kappa shape index (κ2) is 8.53. The number of anilines is 2.